The maximum absolute atomic E-state index is 12.0. The van der Waals surface area contributed by atoms with Crippen molar-refractivity contribution in [3.05, 3.63) is 71.8 Å². The highest BCUT2D eigenvalue weighted by atomic mass is 35.5. The van der Waals surface area contributed by atoms with E-state index in [2.05, 4.69) is 9.97 Å². The molecule has 1 aliphatic heterocycles. The van der Waals surface area contributed by atoms with Gasteiger partial charge in [0.25, 0.3) is 10.1 Å². The first kappa shape index (κ1) is 18.7. The summed E-state index contributed by atoms with van der Waals surface area (Å²) in [6.45, 7) is 0.289. The third-order valence-corrected chi connectivity index (χ3v) is 5.81. The predicted octanol–water partition coefficient (Wildman–Crippen LogP) is 4.39. The number of halogens is 1. The van der Waals surface area contributed by atoms with Crippen molar-refractivity contribution < 1.29 is 17.7 Å². The van der Waals surface area contributed by atoms with Crippen molar-refractivity contribution in [2.24, 2.45) is 0 Å². The van der Waals surface area contributed by atoms with Crippen LogP contribution in [0.3, 0.4) is 0 Å². The van der Waals surface area contributed by atoms with Crippen LogP contribution in [0, 0.1) is 0 Å². The van der Waals surface area contributed by atoms with Crippen LogP contribution in [0.25, 0.3) is 0 Å². The van der Waals surface area contributed by atoms with Crippen molar-refractivity contribution in [3.63, 3.8) is 0 Å². The number of hydrogen-bond donors (Lipinski definition) is 1. The number of hydrogen-bond acceptors (Lipinski definition) is 6. The van der Waals surface area contributed by atoms with Gasteiger partial charge in [-0.2, -0.15) is 8.42 Å². The van der Waals surface area contributed by atoms with Gasteiger partial charge in [0.1, 0.15) is 10.4 Å². The average molecular weight is 418 g/mol. The molecule has 1 N–H and O–H groups in total. The van der Waals surface area contributed by atoms with Crippen molar-refractivity contribution in [2.45, 2.75) is 11.7 Å². The van der Waals surface area contributed by atoms with Gasteiger partial charge in [-0.1, -0.05) is 35.9 Å². The van der Waals surface area contributed by atoms with E-state index in [1.165, 1.54) is 12.3 Å². The van der Waals surface area contributed by atoms with E-state index in [-0.39, 0.29) is 23.9 Å². The van der Waals surface area contributed by atoms with E-state index in [1.54, 1.807) is 0 Å². The summed E-state index contributed by atoms with van der Waals surface area (Å²) in [7, 11) is -4.43. The molecule has 2 aromatic carbocycles. The zero-order chi connectivity index (χ0) is 19.7. The van der Waals surface area contributed by atoms with Gasteiger partial charge < -0.3 is 9.64 Å². The predicted molar refractivity (Wildman–Crippen MR) is 106 cm³/mol. The van der Waals surface area contributed by atoms with Crippen LogP contribution < -0.4 is 9.64 Å². The average Bonchev–Trinajstić information content (AvgIpc) is 2.66. The van der Waals surface area contributed by atoms with Crippen LogP contribution in [-0.4, -0.2) is 29.5 Å². The Bertz CT molecular complexity index is 1080. The van der Waals surface area contributed by atoms with E-state index in [9.17, 15) is 13.0 Å². The smallest absolute Gasteiger partial charge is 0.275 e. The van der Waals surface area contributed by atoms with E-state index < -0.39 is 15.4 Å². The van der Waals surface area contributed by atoms with Crippen LogP contribution in [0.15, 0.2) is 60.8 Å². The highest BCUT2D eigenvalue weighted by Crippen LogP contribution is 2.46. The molecule has 2 heterocycles. The Balaban J connectivity index is 1.69. The molecule has 0 bridgehead atoms. The van der Waals surface area contributed by atoms with E-state index >= 15 is 0 Å². The molecule has 1 unspecified atom stereocenters. The highest BCUT2D eigenvalue weighted by Gasteiger charge is 2.31. The summed E-state index contributed by atoms with van der Waals surface area (Å²) in [6, 6.07) is 16.4. The molecule has 3 aromatic rings. The molecule has 0 fully saturated rings. The summed E-state index contributed by atoms with van der Waals surface area (Å²) in [4.78, 5) is 9.90. The van der Waals surface area contributed by atoms with Gasteiger partial charge in [-0.25, -0.2) is 9.97 Å². The molecule has 1 aromatic heterocycles. The molecule has 0 spiro atoms. The molecule has 28 heavy (non-hydrogen) atoms. The van der Waals surface area contributed by atoms with Gasteiger partial charge in [-0.3, -0.25) is 4.55 Å². The number of fused-ring (bicyclic) bond motifs is 2. The van der Waals surface area contributed by atoms with Crippen LogP contribution in [0.2, 0.25) is 5.15 Å². The molecule has 144 valence electrons. The number of rotatable bonds is 5. The van der Waals surface area contributed by atoms with Gasteiger partial charge in [-0.15, -0.1) is 0 Å². The fourth-order valence-corrected chi connectivity index (χ4v) is 4.11. The molecule has 0 saturated carbocycles. The van der Waals surface area contributed by atoms with Gasteiger partial charge in [0.2, 0.25) is 0 Å². The second-order valence-corrected chi connectivity index (χ2v) is 8.21. The minimum Gasteiger partial charge on any atom is -0.453 e. The molecular weight excluding hydrogens is 402 g/mol. The minimum absolute atomic E-state index is 0.0372. The zero-order valence-corrected chi connectivity index (χ0v) is 16.1. The molecule has 9 heteroatoms. The van der Waals surface area contributed by atoms with Crippen LogP contribution in [-0.2, 0) is 10.1 Å². The SMILES string of the molecule is O=S(=O)(O)C(CCN1c2ccccc2Oc2ccccc21)c1nccc(Cl)n1. The van der Waals surface area contributed by atoms with E-state index in [0.29, 0.717) is 11.5 Å². The topological polar surface area (TPSA) is 92.6 Å². The molecule has 7 nitrogen and oxygen atoms in total. The quantitative estimate of drug-likeness (QED) is 0.486. The lowest BCUT2D eigenvalue weighted by Crippen LogP contribution is -2.26. The zero-order valence-electron chi connectivity index (χ0n) is 14.6. The maximum Gasteiger partial charge on any atom is 0.275 e. The van der Waals surface area contributed by atoms with Crippen molar-refractivity contribution in [3.8, 4) is 11.5 Å². The molecule has 0 radical (unpaired) electrons. The van der Waals surface area contributed by atoms with Gasteiger partial charge in [-0.05, 0) is 36.8 Å². The lowest BCUT2D eigenvalue weighted by molar-refractivity contribution is 0.458. The van der Waals surface area contributed by atoms with E-state index in [0.717, 1.165) is 11.4 Å². The third kappa shape index (κ3) is 3.66. The third-order valence-electron chi connectivity index (χ3n) is 4.43. The Morgan fingerprint density at radius 2 is 1.64 bits per heavy atom. The lowest BCUT2D eigenvalue weighted by Gasteiger charge is -2.33. The molecular formula is C19H16ClN3O4S. The molecule has 0 saturated heterocycles. The fraction of sp³-hybridized carbons (Fsp3) is 0.158. The standard InChI is InChI=1S/C19H16ClN3O4S/c20-18-9-11-21-19(22-18)17(28(24,25)26)10-12-23-13-5-1-3-7-15(13)27-16-8-4-2-6-14(16)23/h1-9,11,17H,10,12H2,(H,24,25,26). The summed E-state index contributed by atoms with van der Waals surface area (Å²) in [5.41, 5.74) is 1.62. The summed E-state index contributed by atoms with van der Waals surface area (Å²) >= 11 is 5.87. The van der Waals surface area contributed by atoms with E-state index in [1.807, 2.05) is 53.4 Å². The Kier molecular flexibility index (Phi) is 4.92. The van der Waals surface area contributed by atoms with Crippen molar-refractivity contribution in [1.82, 2.24) is 9.97 Å². The molecule has 4 rings (SSSR count). The number of para-hydroxylation sites is 4. The first-order valence-corrected chi connectivity index (χ1v) is 10.4. The molecule has 1 aliphatic rings. The summed E-state index contributed by atoms with van der Waals surface area (Å²) < 4.78 is 39.7. The Morgan fingerprint density at radius 1 is 1.04 bits per heavy atom. The second-order valence-electron chi connectivity index (χ2n) is 6.22. The van der Waals surface area contributed by atoms with Gasteiger partial charge in [0.05, 0.1) is 11.4 Å². The van der Waals surface area contributed by atoms with E-state index in [4.69, 9.17) is 16.3 Å². The monoisotopic (exact) mass is 417 g/mol. The van der Waals surface area contributed by atoms with Crippen LogP contribution >= 0.6 is 11.6 Å². The van der Waals surface area contributed by atoms with Crippen LogP contribution in [0.5, 0.6) is 11.5 Å². The van der Waals surface area contributed by atoms with Crippen molar-refractivity contribution in [2.75, 3.05) is 11.4 Å². The highest BCUT2D eigenvalue weighted by molar-refractivity contribution is 7.86. The number of anilines is 2. The minimum atomic E-state index is -4.43. The number of nitrogens with zero attached hydrogens (tertiary/aromatic N) is 3. The molecule has 1 atom stereocenters. The first-order chi connectivity index (χ1) is 13.4. The number of ether oxygens (including phenoxy) is 1. The Morgan fingerprint density at radius 3 is 2.21 bits per heavy atom. The Hall–Kier alpha value is -2.68. The largest absolute Gasteiger partial charge is 0.453 e. The lowest BCUT2D eigenvalue weighted by atomic mass is 10.1. The van der Waals surface area contributed by atoms with Crippen LogP contribution in [0.1, 0.15) is 17.5 Å². The van der Waals surface area contributed by atoms with Gasteiger partial charge in [0.15, 0.2) is 17.3 Å². The summed E-state index contributed by atoms with van der Waals surface area (Å²) in [5, 5.41) is -1.19. The normalized spacial score (nSPS) is 14.0. The summed E-state index contributed by atoms with van der Waals surface area (Å²) in [5.74, 6) is 1.30. The second kappa shape index (κ2) is 7.38. The number of benzene rings is 2. The Labute approximate surface area is 167 Å². The molecule has 0 aliphatic carbocycles. The number of aromatic nitrogens is 2. The van der Waals surface area contributed by atoms with Crippen molar-refractivity contribution >= 4 is 33.1 Å². The fourth-order valence-electron chi connectivity index (χ4n) is 3.19. The van der Waals surface area contributed by atoms with Crippen LogP contribution in [0.4, 0.5) is 11.4 Å². The summed E-state index contributed by atoms with van der Waals surface area (Å²) in [6.07, 6.45) is 1.42. The van der Waals surface area contributed by atoms with Gasteiger partial charge >= 0.3 is 0 Å². The maximum atomic E-state index is 12.0. The molecule has 0 amide bonds. The first-order valence-electron chi connectivity index (χ1n) is 8.51. The van der Waals surface area contributed by atoms with Crippen molar-refractivity contribution in [1.29, 1.82) is 0 Å². The van der Waals surface area contributed by atoms with Gasteiger partial charge in [0, 0.05) is 12.7 Å².